The van der Waals surface area contributed by atoms with E-state index in [9.17, 15) is 0 Å². The van der Waals surface area contributed by atoms with E-state index in [2.05, 4.69) is 31.4 Å². The van der Waals surface area contributed by atoms with Crippen LogP contribution in [0.1, 0.15) is 24.0 Å². The fraction of sp³-hybridized carbons (Fsp3) is 0.286. The molecule has 0 aliphatic carbocycles. The molecule has 0 bridgehead atoms. The van der Waals surface area contributed by atoms with Crippen molar-refractivity contribution in [3.05, 3.63) is 45.8 Å². The molecule has 0 radical (unpaired) electrons. The Morgan fingerprint density at radius 2 is 2.12 bits per heavy atom. The van der Waals surface area contributed by atoms with Gasteiger partial charge in [0.25, 0.3) is 0 Å². The van der Waals surface area contributed by atoms with Crippen LogP contribution in [0, 0.1) is 6.92 Å². The quantitative estimate of drug-likeness (QED) is 0.872. The fourth-order valence-corrected chi connectivity index (χ4v) is 3.03. The molecule has 0 saturated carbocycles. The topological polar surface area (TPSA) is 26.0 Å². The van der Waals surface area contributed by atoms with E-state index in [1.807, 2.05) is 12.1 Å². The predicted molar refractivity (Wildman–Crippen MR) is 77.0 cm³/mol. The van der Waals surface area contributed by atoms with E-state index in [0.29, 0.717) is 12.5 Å². The van der Waals surface area contributed by atoms with Gasteiger partial charge in [-0.2, -0.15) is 0 Å². The van der Waals surface area contributed by atoms with Crippen molar-refractivity contribution < 1.29 is 0 Å². The fourth-order valence-electron chi connectivity index (χ4n) is 1.75. The molecule has 2 N–H and O–H groups in total. The van der Waals surface area contributed by atoms with Crippen molar-refractivity contribution in [2.45, 2.75) is 19.8 Å². The minimum atomic E-state index is 0.416. The first-order valence-corrected chi connectivity index (χ1v) is 6.92. The summed E-state index contributed by atoms with van der Waals surface area (Å²) < 4.78 is 0. The molecule has 2 aromatic rings. The van der Waals surface area contributed by atoms with E-state index in [4.69, 9.17) is 17.3 Å². The van der Waals surface area contributed by atoms with Gasteiger partial charge in [-0.05, 0) is 59.7 Å². The van der Waals surface area contributed by atoms with Crippen LogP contribution in [0.15, 0.2) is 29.6 Å². The lowest BCUT2D eigenvalue weighted by Crippen LogP contribution is -2.07. The first kappa shape index (κ1) is 12.6. The monoisotopic (exact) mass is 265 g/mol. The molecule has 0 spiro atoms. The minimum Gasteiger partial charge on any atom is -0.330 e. The van der Waals surface area contributed by atoms with Crippen LogP contribution >= 0.6 is 22.9 Å². The van der Waals surface area contributed by atoms with Gasteiger partial charge in [0, 0.05) is 9.90 Å². The van der Waals surface area contributed by atoms with Crippen molar-refractivity contribution in [3.63, 3.8) is 0 Å². The van der Waals surface area contributed by atoms with Crippen LogP contribution in [-0.4, -0.2) is 6.54 Å². The van der Waals surface area contributed by atoms with Gasteiger partial charge < -0.3 is 5.73 Å². The van der Waals surface area contributed by atoms with E-state index >= 15 is 0 Å². The molecule has 2 rings (SSSR count). The molecule has 90 valence electrons. The number of aryl methyl sites for hydroxylation is 1. The maximum atomic E-state index is 6.05. The largest absolute Gasteiger partial charge is 0.330 e. The summed E-state index contributed by atoms with van der Waals surface area (Å²) >= 11 is 7.80. The molecule has 1 nitrogen and oxygen atoms in total. The van der Waals surface area contributed by atoms with Gasteiger partial charge in [-0.1, -0.05) is 24.6 Å². The molecule has 1 heterocycles. The Balaban J connectivity index is 2.40. The third-order valence-electron chi connectivity index (χ3n) is 3.01. The summed E-state index contributed by atoms with van der Waals surface area (Å²) in [7, 11) is 0. The zero-order valence-electron chi connectivity index (χ0n) is 10.0. The molecular weight excluding hydrogens is 250 g/mol. The Kier molecular flexibility index (Phi) is 3.87. The molecular formula is C14H16ClNS. The SMILES string of the molecule is Cc1ccc(Cl)cc1-c1cc(C(C)CN)cs1. The number of hydrogen-bond donors (Lipinski definition) is 1. The van der Waals surface area contributed by atoms with Crippen molar-refractivity contribution in [1.29, 1.82) is 0 Å². The maximum Gasteiger partial charge on any atom is 0.0412 e. The van der Waals surface area contributed by atoms with Crippen LogP contribution in [-0.2, 0) is 0 Å². The van der Waals surface area contributed by atoms with E-state index in [1.54, 1.807) is 11.3 Å². The van der Waals surface area contributed by atoms with E-state index < -0.39 is 0 Å². The number of rotatable bonds is 3. The zero-order chi connectivity index (χ0) is 12.4. The van der Waals surface area contributed by atoms with Crippen molar-refractivity contribution in [2.75, 3.05) is 6.54 Å². The Bertz CT molecular complexity index is 519. The van der Waals surface area contributed by atoms with E-state index in [1.165, 1.54) is 21.6 Å². The summed E-state index contributed by atoms with van der Waals surface area (Å²) in [6, 6.07) is 8.24. The summed E-state index contributed by atoms with van der Waals surface area (Å²) in [5, 5.41) is 2.97. The number of thiophene rings is 1. The number of benzene rings is 1. The summed E-state index contributed by atoms with van der Waals surface area (Å²) in [4.78, 5) is 1.26. The van der Waals surface area contributed by atoms with Crippen molar-refractivity contribution >= 4 is 22.9 Å². The minimum absolute atomic E-state index is 0.416. The molecule has 1 aromatic carbocycles. The van der Waals surface area contributed by atoms with Gasteiger partial charge in [-0.25, -0.2) is 0 Å². The van der Waals surface area contributed by atoms with E-state index in [-0.39, 0.29) is 0 Å². The second-order valence-electron chi connectivity index (χ2n) is 4.34. The molecule has 0 fully saturated rings. The normalized spacial score (nSPS) is 12.7. The third-order valence-corrected chi connectivity index (χ3v) is 4.22. The molecule has 0 aliphatic heterocycles. The molecule has 3 heteroatoms. The smallest absolute Gasteiger partial charge is 0.0412 e. The molecule has 0 saturated heterocycles. The number of nitrogens with two attached hydrogens (primary N) is 1. The highest BCUT2D eigenvalue weighted by Gasteiger charge is 2.09. The highest BCUT2D eigenvalue weighted by atomic mass is 35.5. The lowest BCUT2D eigenvalue weighted by atomic mass is 10.0. The summed E-state index contributed by atoms with van der Waals surface area (Å²) in [6.45, 7) is 4.94. The highest BCUT2D eigenvalue weighted by molar-refractivity contribution is 7.13. The second-order valence-corrected chi connectivity index (χ2v) is 5.69. The van der Waals surface area contributed by atoms with Gasteiger partial charge in [-0.3, -0.25) is 0 Å². The Morgan fingerprint density at radius 3 is 2.82 bits per heavy atom. The van der Waals surface area contributed by atoms with Gasteiger partial charge in [0.2, 0.25) is 0 Å². The van der Waals surface area contributed by atoms with Crippen LogP contribution in [0.4, 0.5) is 0 Å². The Hall–Kier alpha value is -0.830. The van der Waals surface area contributed by atoms with Crippen molar-refractivity contribution in [2.24, 2.45) is 5.73 Å². The van der Waals surface area contributed by atoms with Gasteiger partial charge in [-0.15, -0.1) is 11.3 Å². The summed E-state index contributed by atoms with van der Waals surface area (Å²) in [5.41, 5.74) is 9.47. The lowest BCUT2D eigenvalue weighted by Gasteiger charge is -2.05. The van der Waals surface area contributed by atoms with Gasteiger partial charge >= 0.3 is 0 Å². The molecule has 1 atom stereocenters. The van der Waals surface area contributed by atoms with Crippen molar-refractivity contribution in [3.8, 4) is 10.4 Å². The Labute approximate surface area is 111 Å². The van der Waals surface area contributed by atoms with Crippen LogP contribution in [0.2, 0.25) is 5.02 Å². The van der Waals surface area contributed by atoms with Gasteiger partial charge in [0.1, 0.15) is 0 Å². The van der Waals surface area contributed by atoms with E-state index in [0.717, 1.165) is 5.02 Å². The van der Waals surface area contributed by atoms with Crippen molar-refractivity contribution in [1.82, 2.24) is 0 Å². The molecule has 0 aliphatic rings. The zero-order valence-corrected chi connectivity index (χ0v) is 11.6. The van der Waals surface area contributed by atoms with Crippen LogP contribution in [0.3, 0.4) is 0 Å². The molecule has 1 unspecified atom stereocenters. The Morgan fingerprint density at radius 1 is 1.35 bits per heavy atom. The number of hydrogen-bond acceptors (Lipinski definition) is 2. The van der Waals surface area contributed by atoms with Gasteiger partial charge in [0.15, 0.2) is 0 Å². The average Bonchev–Trinajstić information content (AvgIpc) is 2.80. The number of halogens is 1. The second kappa shape index (κ2) is 5.21. The first-order chi connectivity index (χ1) is 8.11. The molecule has 17 heavy (non-hydrogen) atoms. The predicted octanol–water partition coefficient (Wildman–Crippen LogP) is 4.44. The molecule has 1 aromatic heterocycles. The third kappa shape index (κ3) is 2.71. The van der Waals surface area contributed by atoms with Crippen LogP contribution in [0.25, 0.3) is 10.4 Å². The summed E-state index contributed by atoms with van der Waals surface area (Å²) in [5.74, 6) is 0.416. The summed E-state index contributed by atoms with van der Waals surface area (Å²) in [6.07, 6.45) is 0. The maximum absolute atomic E-state index is 6.05. The first-order valence-electron chi connectivity index (χ1n) is 5.67. The molecule has 0 amide bonds. The lowest BCUT2D eigenvalue weighted by molar-refractivity contribution is 0.778. The van der Waals surface area contributed by atoms with Crippen LogP contribution < -0.4 is 5.73 Å². The average molecular weight is 266 g/mol. The van der Waals surface area contributed by atoms with Gasteiger partial charge in [0.05, 0.1) is 0 Å². The highest BCUT2D eigenvalue weighted by Crippen LogP contribution is 2.33. The van der Waals surface area contributed by atoms with Crippen LogP contribution in [0.5, 0.6) is 0 Å². The standard InChI is InChI=1S/C14H16ClNS/c1-9-3-4-12(15)6-13(9)14-5-11(8-17-14)10(2)7-16/h3-6,8,10H,7,16H2,1-2H3.